The first kappa shape index (κ1) is 10.1. The second kappa shape index (κ2) is 4.81. The average Bonchev–Trinajstić information content (AvgIpc) is 1.90. The van der Waals surface area contributed by atoms with Crippen LogP contribution in [0.3, 0.4) is 0 Å². The van der Waals surface area contributed by atoms with E-state index in [2.05, 4.69) is 11.1 Å². The molecule has 0 aromatic carbocycles. The zero-order valence-corrected chi connectivity index (χ0v) is 9.04. The molecule has 0 unspecified atom stereocenters. The van der Waals surface area contributed by atoms with Crippen LogP contribution in [0.15, 0.2) is 18.3 Å². The zero-order valence-electron chi connectivity index (χ0n) is 6.20. The van der Waals surface area contributed by atoms with Gasteiger partial charge in [-0.3, -0.25) is 4.98 Å². The first-order valence-electron chi connectivity index (χ1n) is 2.80. The Balaban J connectivity index is 0.000000810. The molecule has 0 N–H and O–H groups in total. The van der Waals surface area contributed by atoms with E-state index < -0.39 is 0 Å². The van der Waals surface area contributed by atoms with E-state index in [1.54, 1.807) is 6.20 Å². The van der Waals surface area contributed by atoms with Gasteiger partial charge in [-0.1, -0.05) is 6.20 Å². The van der Waals surface area contributed by atoms with Crippen molar-refractivity contribution in [1.82, 2.24) is 4.98 Å². The third-order valence-corrected chi connectivity index (χ3v) is 1.06. The fourth-order valence-corrected chi connectivity index (χ4v) is 0.577. The summed E-state index contributed by atoms with van der Waals surface area (Å²) < 4.78 is 0. The second-order valence-corrected chi connectivity index (χ2v) is 2.01. The molecular weight excluding hydrogens is 201 g/mol. The molecule has 0 aliphatic rings. The van der Waals surface area contributed by atoms with Crippen LogP contribution in [0.1, 0.15) is 0 Å². The van der Waals surface area contributed by atoms with Crippen LogP contribution in [0.5, 0.6) is 0 Å². The van der Waals surface area contributed by atoms with E-state index in [9.17, 15) is 0 Å². The van der Waals surface area contributed by atoms with Gasteiger partial charge >= 0.3 is 0 Å². The molecule has 1 aromatic heterocycles. The minimum absolute atomic E-state index is 0. The average molecular weight is 210 g/mol. The van der Waals surface area contributed by atoms with E-state index >= 15 is 0 Å². The predicted molar refractivity (Wildman–Crippen MR) is 37.4 cm³/mol. The molecule has 0 atom stereocenters. The van der Waals surface area contributed by atoms with Crippen LogP contribution >= 0.6 is 0 Å². The maximum atomic E-state index is 4.05. The van der Waals surface area contributed by atoms with E-state index in [0.717, 1.165) is 5.82 Å². The van der Waals surface area contributed by atoms with Gasteiger partial charge < -0.3 is 4.90 Å². The normalized spacial score (nSPS) is 8.20. The van der Waals surface area contributed by atoms with Crippen molar-refractivity contribution in [2.45, 2.75) is 0 Å². The molecule has 1 radical (unpaired) electrons. The first-order valence-corrected chi connectivity index (χ1v) is 2.80. The second-order valence-electron chi connectivity index (χ2n) is 2.01. The summed E-state index contributed by atoms with van der Waals surface area (Å²) in [5, 5.41) is 0. The number of rotatable bonds is 1. The molecule has 0 bridgehead atoms. The summed E-state index contributed by atoms with van der Waals surface area (Å²) in [4.78, 5) is 6.00. The molecule has 51 valence electrons. The Bertz CT molecular complexity index is 174. The molecule has 1 rings (SSSR count). The van der Waals surface area contributed by atoms with Crippen molar-refractivity contribution in [2.75, 3.05) is 19.0 Å². The number of hydrogen-bond acceptors (Lipinski definition) is 2. The predicted octanol–water partition coefficient (Wildman–Crippen LogP) is 0.945. The van der Waals surface area contributed by atoms with Crippen molar-refractivity contribution in [3.8, 4) is 0 Å². The number of nitrogens with zero attached hydrogens (tertiary/aromatic N) is 2. The smallest absolute Gasteiger partial charge is 0.0428 e. The Morgan fingerprint density at radius 1 is 1.50 bits per heavy atom. The van der Waals surface area contributed by atoms with Gasteiger partial charge in [-0.15, -0.1) is 0 Å². The summed E-state index contributed by atoms with van der Waals surface area (Å²) in [7, 11) is 3.92. The molecule has 0 amide bonds. The molecule has 0 saturated heterocycles. The Morgan fingerprint density at radius 2 is 2.20 bits per heavy atom. The van der Waals surface area contributed by atoms with Crippen molar-refractivity contribution >= 4 is 5.82 Å². The van der Waals surface area contributed by atoms with Gasteiger partial charge in [0, 0.05) is 52.6 Å². The maximum Gasteiger partial charge on any atom is 0.0428 e. The van der Waals surface area contributed by atoms with Gasteiger partial charge in [-0.25, -0.2) is 12.1 Å². The molecular formula is C7H9N2Y-. The third-order valence-electron chi connectivity index (χ3n) is 1.06. The van der Waals surface area contributed by atoms with E-state index in [4.69, 9.17) is 0 Å². The fourth-order valence-electron chi connectivity index (χ4n) is 0.577. The van der Waals surface area contributed by atoms with Crippen molar-refractivity contribution in [3.63, 3.8) is 0 Å². The molecule has 0 aliphatic heterocycles. The van der Waals surface area contributed by atoms with Crippen LogP contribution in [-0.2, 0) is 32.7 Å². The molecule has 0 aliphatic carbocycles. The minimum atomic E-state index is 0. The molecule has 0 spiro atoms. The van der Waals surface area contributed by atoms with Crippen LogP contribution in [0.4, 0.5) is 5.82 Å². The number of aromatic nitrogens is 1. The molecule has 3 heteroatoms. The maximum absolute atomic E-state index is 4.05. The fraction of sp³-hybridized carbons (Fsp3) is 0.286. The third kappa shape index (κ3) is 2.76. The molecule has 0 saturated carbocycles. The quantitative estimate of drug-likeness (QED) is 0.641. The zero-order chi connectivity index (χ0) is 6.69. The van der Waals surface area contributed by atoms with Gasteiger partial charge in [0.15, 0.2) is 0 Å². The standard InChI is InChI=1S/C7H9N2.Y/c1-9(2)7-5-3-4-6-8-7;/h3,5-6H,1-2H3;/q-1;. The number of anilines is 1. The van der Waals surface area contributed by atoms with Crippen LogP contribution in [0.25, 0.3) is 0 Å². The van der Waals surface area contributed by atoms with Crippen molar-refractivity contribution in [2.24, 2.45) is 0 Å². The monoisotopic (exact) mass is 210 g/mol. The van der Waals surface area contributed by atoms with E-state index in [0.29, 0.717) is 0 Å². The number of hydrogen-bond donors (Lipinski definition) is 0. The molecule has 1 aromatic rings. The minimum Gasteiger partial charge on any atom is -0.378 e. The Kier molecular flexibility index (Phi) is 4.83. The van der Waals surface area contributed by atoms with Gasteiger partial charge in [0.2, 0.25) is 0 Å². The largest absolute Gasteiger partial charge is 0.378 e. The molecule has 2 nitrogen and oxygen atoms in total. The Hall–Kier alpha value is 0.0539. The van der Waals surface area contributed by atoms with Crippen LogP contribution in [-0.4, -0.2) is 19.1 Å². The Labute approximate surface area is 86.5 Å². The van der Waals surface area contributed by atoms with E-state index in [-0.39, 0.29) is 32.7 Å². The van der Waals surface area contributed by atoms with Gasteiger partial charge in [0.1, 0.15) is 0 Å². The van der Waals surface area contributed by atoms with Gasteiger partial charge in [0.25, 0.3) is 0 Å². The summed E-state index contributed by atoms with van der Waals surface area (Å²) in [5.41, 5.74) is 0. The molecule has 1 heterocycles. The van der Waals surface area contributed by atoms with E-state index in [1.807, 2.05) is 31.1 Å². The summed E-state index contributed by atoms with van der Waals surface area (Å²) in [6, 6.07) is 6.62. The van der Waals surface area contributed by atoms with E-state index in [1.165, 1.54) is 0 Å². The summed E-state index contributed by atoms with van der Waals surface area (Å²) in [5.74, 6) is 0.966. The molecule has 10 heavy (non-hydrogen) atoms. The van der Waals surface area contributed by atoms with Crippen molar-refractivity contribution in [1.29, 1.82) is 0 Å². The van der Waals surface area contributed by atoms with Crippen LogP contribution in [0, 0.1) is 6.07 Å². The van der Waals surface area contributed by atoms with Gasteiger partial charge in [0.05, 0.1) is 0 Å². The Morgan fingerprint density at radius 3 is 2.50 bits per heavy atom. The SMILES string of the molecule is CN(C)c1cc[c-]cn1.[Y]. The van der Waals surface area contributed by atoms with Gasteiger partial charge in [-0.05, 0) is 0 Å². The summed E-state index contributed by atoms with van der Waals surface area (Å²) in [6.07, 6.45) is 1.66. The number of pyridine rings is 1. The first-order chi connectivity index (χ1) is 4.30. The van der Waals surface area contributed by atoms with Crippen molar-refractivity contribution < 1.29 is 32.7 Å². The topological polar surface area (TPSA) is 16.1 Å². The van der Waals surface area contributed by atoms with Crippen molar-refractivity contribution in [3.05, 3.63) is 24.4 Å². The summed E-state index contributed by atoms with van der Waals surface area (Å²) >= 11 is 0. The van der Waals surface area contributed by atoms with Gasteiger partial charge in [-0.2, -0.15) is 6.07 Å². The summed E-state index contributed by atoms with van der Waals surface area (Å²) in [6.45, 7) is 0. The molecule has 0 fully saturated rings. The van der Waals surface area contributed by atoms with Crippen LogP contribution in [0.2, 0.25) is 0 Å². The van der Waals surface area contributed by atoms with Crippen LogP contribution < -0.4 is 4.90 Å².